The first kappa shape index (κ1) is 16.7. The van der Waals surface area contributed by atoms with Gasteiger partial charge in [0.05, 0.1) is 6.42 Å². The SMILES string of the molecule is O=CNC(=O)Cc1ccccc1C(c1ccccc1)c1ccccc1. The Bertz CT molecular complexity index is 805. The predicted octanol–water partition coefficient (Wildman–Crippen LogP) is 3.68. The zero-order chi connectivity index (χ0) is 17.5. The van der Waals surface area contributed by atoms with Gasteiger partial charge in [-0.2, -0.15) is 0 Å². The number of imide groups is 1. The topological polar surface area (TPSA) is 46.2 Å². The van der Waals surface area contributed by atoms with E-state index < -0.39 is 0 Å². The zero-order valence-corrected chi connectivity index (χ0v) is 13.8. The lowest BCUT2D eigenvalue weighted by Gasteiger charge is -2.21. The molecule has 0 atom stereocenters. The van der Waals surface area contributed by atoms with Crippen molar-refractivity contribution in [3.63, 3.8) is 0 Å². The molecule has 0 heterocycles. The lowest BCUT2D eigenvalue weighted by Crippen LogP contribution is -2.24. The smallest absolute Gasteiger partial charge is 0.230 e. The Morgan fingerprint density at radius 2 is 1.32 bits per heavy atom. The quantitative estimate of drug-likeness (QED) is 0.554. The van der Waals surface area contributed by atoms with Crippen molar-refractivity contribution in [2.24, 2.45) is 0 Å². The Morgan fingerprint density at radius 1 is 0.800 bits per heavy atom. The van der Waals surface area contributed by atoms with Gasteiger partial charge < -0.3 is 0 Å². The Balaban J connectivity index is 2.08. The monoisotopic (exact) mass is 329 g/mol. The molecule has 3 nitrogen and oxygen atoms in total. The summed E-state index contributed by atoms with van der Waals surface area (Å²) >= 11 is 0. The molecule has 0 saturated carbocycles. The van der Waals surface area contributed by atoms with Crippen LogP contribution in [-0.4, -0.2) is 12.3 Å². The fraction of sp³-hybridized carbons (Fsp3) is 0.0909. The Morgan fingerprint density at radius 3 is 1.88 bits per heavy atom. The van der Waals surface area contributed by atoms with Gasteiger partial charge in [-0.1, -0.05) is 84.9 Å². The van der Waals surface area contributed by atoms with Crippen LogP contribution < -0.4 is 5.32 Å². The molecule has 1 N–H and O–H groups in total. The number of nitrogens with one attached hydrogen (secondary N) is 1. The van der Waals surface area contributed by atoms with Gasteiger partial charge in [0.25, 0.3) is 0 Å². The highest BCUT2D eigenvalue weighted by molar-refractivity contribution is 5.87. The molecule has 3 heteroatoms. The number of rotatable bonds is 6. The van der Waals surface area contributed by atoms with Crippen LogP contribution in [0.1, 0.15) is 28.2 Å². The largest absolute Gasteiger partial charge is 0.299 e. The molecule has 0 aliphatic rings. The Labute approximate surface area is 147 Å². The van der Waals surface area contributed by atoms with E-state index in [4.69, 9.17) is 0 Å². The minimum absolute atomic E-state index is 0.0302. The minimum Gasteiger partial charge on any atom is -0.299 e. The summed E-state index contributed by atoms with van der Waals surface area (Å²) in [7, 11) is 0. The molecule has 0 bridgehead atoms. The molecule has 3 rings (SSSR count). The van der Waals surface area contributed by atoms with E-state index in [0.717, 1.165) is 22.3 Å². The third-order valence-corrected chi connectivity index (χ3v) is 4.20. The summed E-state index contributed by atoms with van der Waals surface area (Å²) in [5.74, 6) is -0.273. The molecule has 0 unspecified atom stereocenters. The Hall–Kier alpha value is -3.20. The standard InChI is InChI=1S/C22H19NO2/c24-16-23-21(25)15-19-13-7-8-14-20(19)22(17-9-3-1-4-10-17)18-11-5-2-6-12-18/h1-14,16,22H,15H2,(H,23,24,25). The molecule has 2 amide bonds. The van der Waals surface area contributed by atoms with Gasteiger partial charge in [0.2, 0.25) is 12.3 Å². The predicted molar refractivity (Wildman–Crippen MR) is 98.2 cm³/mol. The number of carbonyl (C=O) groups excluding carboxylic acids is 2. The van der Waals surface area contributed by atoms with Crippen LogP contribution in [0.15, 0.2) is 84.9 Å². The molecule has 0 aromatic heterocycles. The normalized spacial score (nSPS) is 10.4. The molecule has 0 fully saturated rings. The van der Waals surface area contributed by atoms with Crippen LogP contribution in [0.5, 0.6) is 0 Å². The molecular formula is C22H19NO2. The average Bonchev–Trinajstić information content (AvgIpc) is 2.65. The van der Waals surface area contributed by atoms with E-state index in [1.165, 1.54) is 0 Å². The number of amides is 2. The average molecular weight is 329 g/mol. The highest BCUT2D eigenvalue weighted by Gasteiger charge is 2.20. The molecule has 25 heavy (non-hydrogen) atoms. The number of hydrogen-bond donors (Lipinski definition) is 1. The summed E-state index contributed by atoms with van der Waals surface area (Å²) < 4.78 is 0. The summed E-state index contributed by atoms with van der Waals surface area (Å²) in [5, 5.41) is 2.22. The molecule has 0 aliphatic carbocycles. The van der Waals surface area contributed by atoms with Gasteiger partial charge in [-0.15, -0.1) is 0 Å². The maximum Gasteiger partial charge on any atom is 0.230 e. The van der Waals surface area contributed by atoms with E-state index in [9.17, 15) is 9.59 Å². The van der Waals surface area contributed by atoms with E-state index in [0.29, 0.717) is 6.41 Å². The Kier molecular flexibility index (Phi) is 5.37. The van der Waals surface area contributed by atoms with Crippen LogP contribution in [0.3, 0.4) is 0 Å². The summed E-state index contributed by atoms with van der Waals surface area (Å²) in [6.07, 6.45) is 0.599. The van der Waals surface area contributed by atoms with Gasteiger partial charge >= 0.3 is 0 Å². The van der Waals surface area contributed by atoms with Crippen molar-refractivity contribution in [2.45, 2.75) is 12.3 Å². The molecule has 0 aliphatic heterocycles. The second-order valence-corrected chi connectivity index (χ2v) is 5.82. The van der Waals surface area contributed by atoms with Gasteiger partial charge in [0.15, 0.2) is 0 Å². The first-order chi connectivity index (χ1) is 12.3. The summed E-state index contributed by atoms with van der Waals surface area (Å²) in [5.41, 5.74) is 4.31. The second-order valence-electron chi connectivity index (χ2n) is 5.82. The fourth-order valence-electron chi connectivity index (χ4n) is 3.11. The summed E-state index contributed by atoms with van der Waals surface area (Å²) in [6.45, 7) is 0. The van der Waals surface area contributed by atoms with Gasteiger partial charge in [0.1, 0.15) is 0 Å². The molecule has 0 spiro atoms. The van der Waals surface area contributed by atoms with E-state index in [-0.39, 0.29) is 18.2 Å². The zero-order valence-electron chi connectivity index (χ0n) is 13.8. The van der Waals surface area contributed by atoms with Crippen LogP contribution in [0.25, 0.3) is 0 Å². The molecule has 3 aromatic rings. The first-order valence-electron chi connectivity index (χ1n) is 8.20. The maximum absolute atomic E-state index is 11.9. The van der Waals surface area contributed by atoms with Crippen molar-refractivity contribution in [3.05, 3.63) is 107 Å². The fourth-order valence-corrected chi connectivity index (χ4v) is 3.11. The molecule has 0 radical (unpaired) electrons. The number of hydrogen-bond acceptors (Lipinski definition) is 2. The van der Waals surface area contributed by atoms with E-state index >= 15 is 0 Å². The van der Waals surface area contributed by atoms with Crippen LogP contribution >= 0.6 is 0 Å². The van der Waals surface area contributed by atoms with Crippen molar-refractivity contribution in [1.29, 1.82) is 0 Å². The van der Waals surface area contributed by atoms with E-state index in [1.54, 1.807) is 0 Å². The number of carbonyl (C=O) groups is 2. The number of benzene rings is 3. The first-order valence-corrected chi connectivity index (χ1v) is 8.20. The lowest BCUT2D eigenvalue weighted by molar-refractivity contribution is -0.124. The molecular weight excluding hydrogens is 310 g/mol. The highest BCUT2D eigenvalue weighted by Crippen LogP contribution is 2.33. The lowest BCUT2D eigenvalue weighted by atomic mass is 9.82. The van der Waals surface area contributed by atoms with Crippen LogP contribution in [0.4, 0.5) is 0 Å². The van der Waals surface area contributed by atoms with Crippen molar-refractivity contribution in [2.75, 3.05) is 0 Å². The minimum atomic E-state index is -0.303. The van der Waals surface area contributed by atoms with Crippen LogP contribution in [-0.2, 0) is 16.0 Å². The van der Waals surface area contributed by atoms with Gasteiger partial charge in [-0.25, -0.2) is 0 Å². The maximum atomic E-state index is 11.9. The van der Waals surface area contributed by atoms with Crippen molar-refractivity contribution in [3.8, 4) is 0 Å². The summed E-state index contributed by atoms with van der Waals surface area (Å²) in [6, 6.07) is 28.4. The van der Waals surface area contributed by atoms with Gasteiger partial charge in [0, 0.05) is 5.92 Å². The third-order valence-electron chi connectivity index (χ3n) is 4.20. The van der Waals surface area contributed by atoms with Crippen LogP contribution in [0.2, 0.25) is 0 Å². The van der Waals surface area contributed by atoms with Crippen molar-refractivity contribution < 1.29 is 9.59 Å². The van der Waals surface area contributed by atoms with Crippen molar-refractivity contribution >= 4 is 12.3 Å². The second kappa shape index (κ2) is 8.06. The van der Waals surface area contributed by atoms with E-state index in [1.807, 2.05) is 60.7 Å². The van der Waals surface area contributed by atoms with Gasteiger partial charge in [-0.05, 0) is 22.3 Å². The van der Waals surface area contributed by atoms with Crippen molar-refractivity contribution in [1.82, 2.24) is 5.32 Å². The van der Waals surface area contributed by atoms with Crippen LogP contribution in [0, 0.1) is 0 Å². The molecule has 124 valence electrons. The third kappa shape index (κ3) is 4.01. The van der Waals surface area contributed by atoms with Gasteiger partial charge in [-0.3, -0.25) is 14.9 Å². The van der Waals surface area contributed by atoms with E-state index in [2.05, 4.69) is 29.6 Å². The molecule has 0 saturated heterocycles. The molecule has 3 aromatic carbocycles. The summed E-state index contributed by atoms with van der Waals surface area (Å²) in [4.78, 5) is 22.5. The highest BCUT2D eigenvalue weighted by atomic mass is 16.2.